The second-order valence-corrected chi connectivity index (χ2v) is 7.18. The average Bonchev–Trinajstić information content (AvgIpc) is 2.97. The van der Waals surface area contributed by atoms with Gasteiger partial charge in [0.15, 0.2) is 0 Å². The van der Waals surface area contributed by atoms with Crippen molar-refractivity contribution < 1.29 is 4.79 Å². The Balaban J connectivity index is 1.63. The van der Waals surface area contributed by atoms with Crippen LogP contribution < -0.4 is 5.32 Å². The van der Waals surface area contributed by atoms with Gasteiger partial charge in [-0.05, 0) is 50.6 Å². The van der Waals surface area contributed by atoms with Gasteiger partial charge in [-0.1, -0.05) is 49.4 Å². The molecular weight excluding hydrogens is 348 g/mol. The Bertz CT molecular complexity index is 929. The van der Waals surface area contributed by atoms with Gasteiger partial charge >= 0.3 is 0 Å². The maximum absolute atomic E-state index is 12.6. The molecule has 0 radical (unpaired) electrons. The van der Waals surface area contributed by atoms with Gasteiger partial charge < -0.3 is 5.32 Å². The minimum atomic E-state index is -0.0357. The summed E-state index contributed by atoms with van der Waals surface area (Å²) in [6.07, 6.45) is 1.04. The van der Waals surface area contributed by atoms with Crippen LogP contribution in [0.3, 0.4) is 0 Å². The molecule has 5 heteroatoms. The van der Waals surface area contributed by atoms with Crippen LogP contribution in [-0.4, -0.2) is 34.2 Å². The number of rotatable bonds is 7. The molecule has 2 aromatic carbocycles. The Labute approximate surface area is 167 Å². The first-order chi connectivity index (χ1) is 13.5. The van der Waals surface area contributed by atoms with Gasteiger partial charge in [-0.2, -0.15) is 5.10 Å². The summed E-state index contributed by atoms with van der Waals surface area (Å²) < 4.78 is 1.87. The van der Waals surface area contributed by atoms with Crippen LogP contribution in [0.25, 0.3) is 5.69 Å². The lowest BCUT2D eigenvalue weighted by atomic mass is 10.1. The summed E-state index contributed by atoms with van der Waals surface area (Å²) in [5.41, 5.74) is 6.04. The highest BCUT2D eigenvalue weighted by Crippen LogP contribution is 2.22. The molecule has 1 amide bonds. The van der Waals surface area contributed by atoms with Crippen LogP contribution >= 0.6 is 0 Å². The van der Waals surface area contributed by atoms with Crippen molar-refractivity contribution in [3.63, 3.8) is 0 Å². The largest absolute Gasteiger partial charge is 0.322 e. The molecule has 146 valence electrons. The van der Waals surface area contributed by atoms with Crippen LogP contribution in [0.1, 0.15) is 29.4 Å². The number of hydrogen-bond donors (Lipinski definition) is 1. The van der Waals surface area contributed by atoms with Crippen molar-refractivity contribution in [2.75, 3.05) is 18.9 Å². The fourth-order valence-corrected chi connectivity index (χ4v) is 3.32. The van der Waals surface area contributed by atoms with Crippen molar-refractivity contribution in [1.82, 2.24) is 14.7 Å². The zero-order chi connectivity index (χ0) is 20.1. The van der Waals surface area contributed by atoms with Crippen molar-refractivity contribution in [3.8, 4) is 5.69 Å². The normalized spacial score (nSPS) is 11.0. The highest BCUT2D eigenvalue weighted by molar-refractivity contribution is 5.93. The molecule has 0 unspecified atom stereocenters. The average molecular weight is 377 g/mol. The van der Waals surface area contributed by atoms with E-state index in [1.807, 2.05) is 60.8 Å². The molecule has 3 rings (SSSR count). The number of nitrogens with one attached hydrogen (secondary N) is 1. The van der Waals surface area contributed by atoms with Gasteiger partial charge in [-0.25, -0.2) is 4.68 Å². The van der Waals surface area contributed by atoms with Gasteiger partial charge in [0.25, 0.3) is 0 Å². The Kier molecular flexibility index (Phi) is 6.26. The molecule has 0 aliphatic heterocycles. The zero-order valence-corrected chi connectivity index (χ0v) is 17.1. The van der Waals surface area contributed by atoms with Crippen molar-refractivity contribution in [2.45, 2.75) is 33.7 Å². The molecule has 1 aromatic heterocycles. The monoisotopic (exact) mass is 376 g/mol. The van der Waals surface area contributed by atoms with Gasteiger partial charge in [0.2, 0.25) is 5.91 Å². The SMILES string of the molecule is CCc1ccc(CN(C)CC(=O)Nc2c(C)nn(-c3ccccc3)c2C)cc1. The van der Waals surface area contributed by atoms with Gasteiger partial charge in [-0.15, -0.1) is 0 Å². The van der Waals surface area contributed by atoms with Crippen LogP contribution in [0.2, 0.25) is 0 Å². The second kappa shape index (κ2) is 8.85. The molecule has 28 heavy (non-hydrogen) atoms. The Morgan fingerprint density at radius 2 is 1.68 bits per heavy atom. The smallest absolute Gasteiger partial charge is 0.238 e. The number of carbonyl (C=O) groups is 1. The molecular formula is C23H28N4O. The van der Waals surface area contributed by atoms with Crippen LogP contribution in [-0.2, 0) is 17.8 Å². The number of anilines is 1. The molecule has 0 atom stereocenters. The van der Waals surface area contributed by atoms with E-state index in [0.717, 1.165) is 35.7 Å². The number of aromatic nitrogens is 2. The van der Waals surface area contributed by atoms with Crippen molar-refractivity contribution in [3.05, 3.63) is 77.1 Å². The molecule has 1 heterocycles. The van der Waals surface area contributed by atoms with E-state index in [-0.39, 0.29) is 5.91 Å². The number of aryl methyl sites for hydroxylation is 2. The van der Waals surface area contributed by atoms with Gasteiger partial charge in [-0.3, -0.25) is 9.69 Å². The lowest BCUT2D eigenvalue weighted by Gasteiger charge is -2.17. The lowest BCUT2D eigenvalue weighted by Crippen LogP contribution is -2.30. The molecule has 1 N–H and O–H groups in total. The highest BCUT2D eigenvalue weighted by atomic mass is 16.2. The number of nitrogens with zero attached hydrogens (tertiary/aromatic N) is 3. The number of carbonyl (C=O) groups excluding carboxylic acids is 1. The predicted octanol–water partition coefficient (Wildman–Crippen LogP) is 4.12. The first-order valence-electron chi connectivity index (χ1n) is 9.65. The third-order valence-electron chi connectivity index (χ3n) is 4.85. The quantitative estimate of drug-likeness (QED) is 0.675. The number of amides is 1. The van der Waals surface area contributed by atoms with Crippen molar-refractivity contribution in [1.29, 1.82) is 0 Å². The van der Waals surface area contributed by atoms with Crippen LogP contribution in [0.15, 0.2) is 54.6 Å². The fraction of sp³-hybridized carbons (Fsp3) is 0.304. The Hall–Kier alpha value is -2.92. The van der Waals surface area contributed by atoms with Gasteiger partial charge in [0.1, 0.15) is 0 Å². The van der Waals surface area contributed by atoms with Gasteiger partial charge in [0.05, 0.1) is 29.3 Å². The first-order valence-corrected chi connectivity index (χ1v) is 9.65. The zero-order valence-electron chi connectivity index (χ0n) is 17.1. The van der Waals surface area contributed by atoms with Gasteiger partial charge in [0, 0.05) is 6.54 Å². The number of likely N-dealkylation sites (N-methyl/N-ethyl adjacent to an activating group) is 1. The van der Waals surface area contributed by atoms with E-state index in [9.17, 15) is 4.79 Å². The second-order valence-electron chi connectivity index (χ2n) is 7.18. The van der Waals surface area contributed by atoms with Crippen LogP contribution in [0, 0.1) is 13.8 Å². The van der Waals surface area contributed by atoms with Crippen LogP contribution in [0.4, 0.5) is 5.69 Å². The molecule has 3 aromatic rings. The minimum Gasteiger partial charge on any atom is -0.322 e. The van der Waals surface area contributed by atoms with Crippen molar-refractivity contribution in [2.24, 2.45) is 0 Å². The molecule has 0 saturated carbocycles. The standard InChI is InChI=1S/C23H28N4O/c1-5-19-11-13-20(14-12-19)15-26(4)16-22(28)24-23-17(2)25-27(18(23)3)21-9-7-6-8-10-21/h6-14H,5,15-16H2,1-4H3,(H,24,28). The molecule has 0 bridgehead atoms. The molecule has 5 nitrogen and oxygen atoms in total. The summed E-state index contributed by atoms with van der Waals surface area (Å²) in [6, 6.07) is 18.5. The first kappa shape index (κ1) is 19.8. The molecule has 0 saturated heterocycles. The Morgan fingerprint density at radius 3 is 2.32 bits per heavy atom. The molecule has 0 aliphatic carbocycles. The third kappa shape index (κ3) is 4.67. The fourth-order valence-electron chi connectivity index (χ4n) is 3.32. The summed E-state index contributed by atoms with van der Waals surface area (Å²) in [7, 11) is 1.96. The van der Waals surface area contributed by atoms with E-state index in [1.165, 1.54) is 11.1 Å². The predicted molar refractivity (Wildman–Crippen MR) is 114 cm³/mol. The summed E-state index contributed by atoms with van der Waals surface area (Å²) in [4.78, 5) is 14.6. The number of hydrogen-bond acceptors (Lipinski definition) is 3. The van der Waals surface area contributed by atoms with E-state index in [1.54, 1.807) is 0 Å². The van der Waals surface area contributed by atoms with E-state index < -0.39 is 0 Å². The maximum Gasteiger partial charge on any atom is 0.238 e. The summed E-state index contributed by atoms with van der Waals surface area (Å²) in [5, 5.41) is 7.62. The van der Waals surface area contributed by atoms with Crippen LogP contribution in [0.5, 0.6) is 0 Å². The summed E-state index contributed by atoms with van der Waals surface area (Å²) in [5.74, 6) is -0.0357. The summed E-state index contributed by atoms with van der Waals surface area (Å²) in [6.45, 7) is 7.10. The highest BCUT2D eigenvalue weighted by Gasteiger charge is 2.16. The Morgan fingerprint density at radius 1 is 1.04 bits per heavy atom. The van der Waals surface area contributed by atoms with E-state index in [4.69, 9.17) is 0 Å². The summed E-state index contributed by atoms with van der Waals surface area (Å²) >= 11 is 0. The van der Waals surface area contributed by atoms with Crippen molar-refractivity contribution >= 4 is 11.6 Å². The van der Waals surface area contributed by atoms with E-state index in [0.29, 0.717) is 6.54 Å². The third-order valence-corrected chi connectivity index (χ3v) is 4.85. The van der Waals surface area contributed by atoms with E-state index in [2.05, 4.69) is 41.6 Å². The topological polar surface area (TPSA) is 50.2 Å². The number of para-hydroxylation sites is 1. The molecule has 0 spiro atoms. The minimum absolute atomic E-state index is 0.0357. The number of benzene rings is 2. The molecule has 0 fully saturated rings. The maximum atomic E-state index is 12.6. The lowest BCUT2D eigenvalue weighted by molar-refractivity contribution is -0.117. The van der Waals surface area contributed by atoms with E-state index >= 15 is 0 Å². The molecule has 0 aliphatic rings.